The number of benzene rings is 10. The maximum absolute atomic E-state index is 2.56. The zero-order valence-corrected chi connectivity index (χ0v) is 31.8. The molecule has 0 radical (unpaired) electrons. The summed E-state index contributed by atoms with van der Waals surface area (Å²) in [5.74, 6) is 0. The Hall–Kier alpha value is -7.68. The van der Waals surface area contributed by atoms with E-state index in [-0.39, 0.29) is 0 Å². The Morgan fingerprint density at radius 1 is 0.310 bits per heavy atom. The van der Waals surface area contributed by atoms with Crippen molar-refractivity contribution in [3.63, 3.8) is 0 Å². The van der Waals surface area contributed by atoms with Crippen LogP contribution < -0.4 is 4.90 Å². The molecule has 1 aromatic heterocycles. The molecule has 0 fully saturated rings. The van der Waals surface area contributed by atoms with Gasteiger partial charge in [-0.2, -0.15) is 0 Å². The van der Waals surface area contributed by atoms with Gasteiger partial charge in [-0.25, -0.2) is 0 Å². The molecule has 0 N–H and O–H groups in total. The summed E-state index contributed by atoms with van der Waals surface area (Å²) in [5, 5.41) is 7.27. The van der Waals surface area contributed by atoms with Crippen molar-refractivity contribution in [2.75, 3.05) is 4.90 Å². The van der Waals surface area contributed by atoms with E-state index >= 15 is 0 Å². The highest BCUT2D eigenvalue weighted by Gasteiger charge is 2.27. The van der Waals surface area contributed by atoms with Gasteiger partial charge in [0.2, 0.25) is 0 Å². The summed E-state index contributed by atoms with van der Waals surface area (Å²) in [6, 6.07) is 83.9. The van der Waals surface area contributed by atoms with Crippen molar-refractivity contribution in [2.24, 2.45) is 0 Å². The van der Waals surface area contributed by atoms with E-state index in [4.69, 9.17) is 0 Å². The van der Waals surface area contributed by atoms with Crippen molar-refractivity contribution in [3.05, 3.63) is 231 Å². The molecule has 0 amide bonds. The van der Waals surface area contributed by atoms with E-state index in [9.17, 15) is 0 Å². The highest BCUT2D eigenvalue weighted by Crippen LogP contribution is 2.52. The topological polar surface area (TPSA) is 8.17 Å². The monoisotopic (exact) mass is 738 g/mol. The third-order valence-corrected chi connectivity index (χ3v) is 11.6. The molecule has 0 saturated carbocycles. The lowest BCUT2D eigenvalue weighted by Crippen LogP contribution is -2.13. The molecule has 0 aliphatic rings. The van der Waals surface area contributed by atoms with Crippen molar-refractivity contribution in [2.45, 2.75) is 0 Å². The Morgan fingerprint density at radius 3 is 1.59 bits per heavy atom. The Morgan fingerprint density at radius 2 is 0.828 bits per heavy atom. The maximum Gasteiger partial charge on any atom is 0.0562 e. The molecular weight excluding hydrogens is 701 g/mol. The Balaban J connectivity index is 1.32. The van der Waals surface area contributed by atoms with Gasteiger partial charge >= 0.3 is 0 Å². The zero-order valence-electron chi connectivity index (χ0n) is 31.8. The molecule has 272 valence electrons. The molecular formula is C56H38N2. The van der Waals surface area contributed by atoms with Crippen LogP contribution in [0.2, 0.25) is 0 Å². The number of rotatable bonds is 7. The van der Waals surface area contributed by atoms with Crippen molar-refractivity contribution < 1.29 is 0 Å². The highest BCUT2D eigenvalue weighted by atomic mass is 15.2. The van der Waals surface area contributed by atoms with Crippen molar-refractivity contribution in [3.8, 4) is 39.1 Å². The molecule has 58 heavy (non-hydrogen) atoms. The molecule has 0 saturated heterocycles. The van der Waals surface area contributed by atoms with E-state index < -0.39 is 0 Å². The van der Waals surface area contributed by atoms with Gasteiger partial charge in [-0.1, -0.05) is 188 Å². The van der Waals surface area contributed by atoms with Gasteiger partial charge in [0.25, 0.3) is 0 Å². The second kappa shape index (κ2) is 14.1. The van der Waals surface area contributed by atoms with Gasteiger partial charge in [-0.05, 0) is 86.4 Å². The molecule has 0 spiro atoms. The number of para-hydroxylation sites is 2. The fourth-order valence-corrected chi connectivity index (χ4v) is 9.09. The first-order valence-corrected chi connectivity index (χ1v) is 19.9. The smallest absolute Gasteiger partial charge is 0.0562 e. The lowest BCUT2D eigenvalue weighted by molar-refractivity contribution is 1.18. The van der Waals surface area contributed by atoms with Crippen molar-refractivity contribution in [1.29, 1.82) is 0 Å². The molecule has 1 heterocycles. The lowest BCUT2D eigenvalue weighted by atomic mass is 9.87. The van der Waals surface area contributed by atoms with Crippen LogP contribution in [0.5, 0.6) is 0 Å². The number of hydrogen-bond donors (Lipinski definition) is 0. The summed E-state index contributed by atoms with van der Waals surface area (Å²) in [7, 11) is 0. The van der Waals surface area contributed by atoms with Crippen LogP contribution in [0.4, 0.5) is 17.1 Å². The maximum atomic E-state index is 2.56. The Bertz CT molecular complexity index is 3270. The van der Waals surface area contributed by atoms with Crippen molar-refractivity contribution >= 4 is 60.4 Å². The summed E-state index contributed by atoms with van der Waals surface area (Å²) >= 11 is 0. The number of anilines is 3. The quantitative estimate of drug-likeness (QED) is 0.148. The molecule has 10 aromatic carbocycles. The first-order chi connectivity index (χ1) is 28.8. The minimum atomic E-state index is 1.11. The zero-order chi connectivity index (χ0) is 38.4. The standard InChI is InChI=1S/C56H38N2/c1-4-20-39(21-5-1)43-27-12-15-31-48(43)55-45(40-22-6-2-7-23-40)33-18-35-51(55)58(54-38-41-24-10-11-28-44(41)46-29-13-14-30-47(46)54)53-37-19-36-52-56(53)49-32-16-17-34-50(49)57(52)42-25-8-3-9-26-42/h1-38H. The number of fused-ring (bicyclic) bond motifs is 6. The van der Waals surface area contributed by atoms with E-state index in [1.54, 1.807) is 0 Å². The minimum absolute atomic E-state index is 1.11. The predicted molar refractivity (Wildman–Crippen MR) is 247 cm³/mol. The predicted octanol–water partition coefficient (Wildman–Crippen LogP) is 15.6. The molecule has 11 aromatic rings. The first-order valence-electron chi connectivity index (χ1n) is 19.9. The number of nitrogens with zero attached hydrogens (tertiary/aromatic N) is 2. The van der Waals surface area contributed by atoms with E-state index in [1.807, 2.05) is 0 Å². The molecule has 2 heteroatoms. The van der Waals surface area contributed by atoms with Crippen LogP contribution in [0.25, 0.3) is 82.4 Å². The minimum Gasteiger partial charge on any atom is -0.309 e. The van der Waals surface area contributed by atoms with E-state index in [2.05, 4.69) is 240 Å². The van der Waals surface area contributed by atoms with E-state index in [0.29, 0.717) is 0 Å². The summed E-state index contributed by atoms with van der Waals surface area (Å²) in [4.78, 5) is 2.56. The van der Waals surface area contributed by atoms with Crippen LogP contribution in [-0.4, -0.2) is 4.57 Å². The van der Waals surface area contributed by atoms with Gasteiger partial charge in [-0.15, -0.1) is 0 Å². The molecule has 0 atom stereocenters. The number of aromatic nitrogens is 1. The van der Waals surface area contributed by atoms with Gasteiger partial charge in [0.1, 0.15) is 0 Å². The summed E-state index contributed by atoms with van der Waals surface area (Å²) in [5.41, 5.74) is 13.9. The fourth-order valence-electron chi connectivity index (χ4n) is 9.09. The molecule has 0 aliphatic heterocycles. The lowest BCUT2D eigenvalue weighted by Gasteiger charge is -2.32. The molecule has 0 bridgehead atoms. The van der Waals surface area contributed by atoms with Crippen LogP contribution in [0.1, 0.15) is 0 Å². The average molecular weight is 739 g/mol. The van der Waals surface area contributed by atoms with Crippen molar-refractivity contribution in [1.82, 2.24) is 4.57 Å². The molecule has 11 rings (SSSR count). The Kier molecular flexibility index (Phi) is 8.19. The third kappa shape index (κ3) is 5.50. The molecule has 2 nitrogen and oxygen atoms in total. The van der Waals surface area contributed by atoms with E-state index in [1.165, 1.54) is 71.2 Å². The number of hydrogen-bond acceptors (Lipinski definition) is 1. The normalized spacial score (nSPS) is 11.4. The molecule has 0 aliphatic carbocycles. The van der Waals surface area contributed by atoms with Gasteiger partial charge in [0.15, 0.2) is 0 Å². The van der Waals surface area contributed by atoms with Crippen LogP contribution in [-0.2, 0) is 0 Å². The van der Waals surface area contributed by atoms with Gasteiger partial charge < -0.3 is 9.47 Å². The average Bonchev–Trinajstić information content (AvgIpc) is 3.65. The summed E-state index contributed by atoms with van der Waals surface area (Å²) < 4.78 is 2.41. The van der Waals surface area contributed by atoms with Gasteiger partial charge in [0, 0.05) is 27.4 Å². The van der Waals surface area contributed by atoms with Gasteiger partial charge in [0.05, 0.1) is 28.1 Å². The summed E-state index contributed by atoms with van der Waals surface area (Å²) in [6.45, 7) is 0. The van der Waals surface area contributed by atoms with Gasteiger partial charge in [-0.3, -0.25) is 0 Å². The van der Waals surface area contributed by atoms with Crippen LogP contribution in [0.3, 0.4) is 0 Å². The second-order valence-electron chi connectivity index (χ2n) is 14.8. The molecule has 0 unspecified atom stereocenters. The van der Waals surface area contributed by atoms with Crippen LogP contribution >= 0.6 is 0 Å². The van der Waals surface area contributed by atoms with Crippen LogP contribution in [0.15, 0.2) is 231 Å². The van der Waals surface area contributed by atoms with E-state index in [0.717, 1.165) is 28.3 Å². The second-order valence-corrected chi connectivity index (χ2v) is 14.8. The first kappa shape index (κ1) is 33.6. The SMILES string of the molecule is c1ccc(-c2ccccc2-c2c(-c3ccccc3)cccc2N(c2cc3ccccc3c3ccccc23)c2cccc3c2c2ccccc2n3-c2ccccc2)cc1. The highest BCUT2D eigenvalue weighted by molar-refractivity contribution is 6.20. The Labute approximate surface area is 338 Å². The fraction of sp³-hybridized carbons (Fsp3) is 0. The summed E-state index contributed by atoms with van der Waals surface area (Å²) in [6.07, 6.45) is 0. The van der Waals surface area contributed by atoms with Crippen LogP contribution in [0, 0.1) is 0 Å². The largest absolute Gasteiger partial charge is 0.309 e. The third-order valence-electron chi connectivity index (χ3n) is 11.6.